The van der Waals surface area contributed by atoms with E-state index in [9.17, 15) is 9.59 Å². The molecule has 0 radical (unpaired) electrons. The Kier molecular flexibility index (Phi) is 3.34. The van der Waals surface area contributed by atoms with Gasteiger partial charge in [0, 0.05) is 0 Å². The highest BCUT2D eigenvalue weighted by molar-refractivity contribution is 5.93. The topological polar surface area (TPSA) is 72.6 Å². The lowest BCUT2D eigenvalue weighted by Gasteiger charge is -2.47. The molecular weight excluding hydrogens is 232 g/mol. The largest absolute Gasteiger partial charge is 0.467 e. The SMILES string of the molecule is COC(=O)C(C)N1C(=O)C(N)C1c1ccccc1. The Balaban J connectivity index is 2.24. The van der Waals surface area contributed by atoms with Gasteiger partial charge in [-0.3, -0.25) is 4.79 Å². The molecule has 2 N–H and O–H groups in total. The number of carbonyl (C=O) groups excluding carboxylic acids is 2. The molecule has 0 aromatic heterocycles. The quantitative estimate of drug-likeness (QED) is 0.623. The summed E-state index contributed by atoms with van der Waals surface area (Å²) in [6.45, 7) is 1.64. The fraction of sp³-hybridized carbons (Fsp3) is 0.385. The minimum atomic E-state index is -0.618. The summed E-state index contributed by atoms with van der Waals surface area (Å²) in [5.74, 6) is -0.655. The van der Waals surface area contributed by atoms with E-state index in [2.05, 4.69) is 4.74 Å². The first-order chi connectivity index (χ1) is 8.57. The Hall–Kier alpha value is -1.88. The van der Waals surface area contributed by atoms with Gasteiger partial charge in [0.1, 0.15) is 12.1 Å². The molecule has 3 unspecified atom stereocenters. The number of β-lactam (4-membered cyclic amide) rings is 1. The van der Waals surface area contributed by atoms with E-state index >= 15 is 0 Å². The molecule has 18 heavy (non-hydrogen) atoms. The average Bonchev–Trinajstić information content (AvgIpc) is 2.42. The lowest BCUT2D eigenvalue weighted by atomic mass is 9.87. The van der Waals surface area contributed by atoms with Crippen LogP contribution in [0.3, 0.4) is 0 Å². The van der Waals surface area contributed by atoms with E-state index < -0.39 is 18.1 Å². The molecule has 1 amide bonds. The first-order valence-corrected chi connectivity index (χ1v) is 5.78. The second kappa shape index (κ2) is 4.78. The van der Waals surface area contributed by atoms with Gasteiger partial charge in [-0.15, -0.1) is 0 Å². The molecule has 1 fully saturated rings. The van der Waals surface area contributed by atoms with Crippen LogP contribution in [0, 0.1) is 0 Å². The van der Waals surface area contributed by atoms with E-state index in [-0.39, 0.29) is 11.9 Å². The van der Waals surface area contributed by atoms with Crippen LogP contribution >= 0.6 is 0 Å². The van der Waals surface area contributed by atoms with Gasteiger partial charge in [-0.05, 0) is 12.5 Å². The third-order valence-electron chi connectivity index (χ3n) is 3.28. The van der Waals surface area contributed by atoms with E-state index in [1.54, 1.807) is 6.92 Å². The number of benzene rings is 1. The number of hydrogen-bond donors (Lipinski definition) is 1. The van der Waals surface area contributed by atoms with Crippen molar-refractivity contribution < 1.29 is 14.3 Å². The molecule has 1 aromatic rings. The van der Waals surface area contributed by atoms with E-state index in [0.29, 0.717) is 0 Å². The number of ether oxygens (including phenoxy) is 1. The third kappa shape index (κ3) is 1.86. The van der Waals surface area contributed by atoms with Crippen molar-refractivity contribution >= 4 is 11.9 Å². The maximum absolute atomic E-state index is 11.8. The molecule has 3 atom stereocenters. The van der Waals surface area contributed by atoms with Crippen LogP contribution in [-0.2, 0) is 14.3 Å². The third-order valence-corrected chi connectivity index (χ3v) is 3.28. The van der Waals surface area contributed by atoms with Crippen LogP contribution in [0.1, 0.15) is 18.5 Å². The molecule has 0 saturated carbocycles. The summed E-state index contributed by atoms with van der Waals surface area (Å²) in [4.78, 5) is 24.8. The van der Waals surface area contributed by atoms with Crippen LogP contribution in [0.25, 0.3) is 0 Å². The number of amides is 1. The molecule has 5 nitrogen and oxygen atoms in total. The second-order valence-electron chi connectivity index (χ2n) is 4.33. The Morgan fingerprint density at radius 2 is 2.00 bits per heavy atom. The fourth-order valence-electron chi connectivity index (χ4n) is 2.27. The van der Waals surface area contributed by atoms with Crippen molar-refractivity contribution in [2.45, 2.75) is 25.0 Å². The summed E-state index contributed by atoms with van der Waals surface area (Å²) in [5, 5.41) is 0. The van der Waals surface area contributed by atoms with Crippen molar-refractivity contribution in [2.24, 2.45) is 5.73 Å². The molecule has 0 aliphatic carbocycles. The molecule has 2 rings (SSSR count). The Morgan fingerprint density at radius 1 is 1.39 bits per heavy atom. The number of carbonyl (C=O) groups is 2. The number of nitrogens with zero attached hydrogens (tertiary/aromatic N) is 1. The predicted molar refractivity (Wildman–Crippen MR) is 65.5 cm³/mol. The van der Waals surface area contributed by atoms with Crippen LogP contribution in [-0.4, -0.2) is 36.0 Å². The standard InChI is InChI=1S/C13H16N2O3/c1-8(13(17)18-2)15-11(10(14)12(15)16)9-6-4-3-5-7-9/h3-8,10-11H,14H2,1-2H3. The lowest BCUT2D eigenvalue weighted by molar-refractivity contribution is -0.165. The number of hydrogen-bond acceptors (Lipinski definition) is 4. The van der Waals surface area contributed by atoms with Crippen LogP contribution in [0.15, 0.2) is 30.3 Å². The van der Waals surface area contributed by atoms with Gasteiger partial charge < -0.3 is 15.4 Å². The van der Waals surface area contributed by atoms with Crippen LogP contribution < -0.4 is 5.73 Å². The Labute approximate surface area is 106 Å². The second-order valence-corrected chi connectivity index (χ2v) is 4.33. The van der Waals surface area contributed by atoms with Crippen LogP contribution in [0.4, 0.5) is 0 Å². The summed E-state index contributed by atoms with van der Waals surface area (Å²) < 4.78 is 4.66. The van der Waals surface area contributed by atoms with Crippen molar-refractivity contribution in [1.29, 1.82) is 0 Å². The highest BCUT2D eigenvalue weighted by Crippen LogP contribution is 2.35. The number of methoxy groups -OCH3 is 1. The highest BCUT2D eigenvalue weighted by Gasteiger charge is 2.49. The molecule has 1 aromatic carbocycles. The molecule has 5 heteroatoms. The van der Waals surface area contributed by atoms with Crippen LogP contribution in [0.2, 0.25) is 0 Å². The first kappa shape index (κ1) is 12.6. The maximum Gasteiger partial charge on any atom is 0.328 e. The molecule has 96 valence electrons. The Morgan fingerprint density at radius 3 is 2.56 bits per heavy atom. The van der Waals surface area contributed by atoms with Gasteiger partial charge in [0.2, 0.25) is 5.91 Å². The zero-order chi connectivity index (χ0) is 13.3. The van der Waals surface area contributed by atoms with E-state index in [0.717, 1.165) is 5.56 Å². The van der Waals surface area contributed by atoms with E-state index in [1.165, 1.54) is 12.0 Å². The van der Waals surface area contributed by atoms with Gasteiger partial charge in [0.15, 0.2) is 0 Å². The number of esters is 1. The van der Waals surface area contributed by atoms with E-state index in [4.69, 9.17) is 5.73 Å². The monoisotopic (exact) mass is 248 g/mol. The van der Waals surface area contributed by atoms with Gasteiger partial charge in [0.05, 0.1) is 13.2 Å². The number of likely N-dealkylation sites (tertiary alicyclic amines) is 1. The zero-order valence-corrected chi connectivity index (χ0v) is 10.4. The van der Waals surface area contributed by atoms with Crippen molar-refractivity contribution in [1.82, 2.24) is 4.90 Å². The van der Waals surface area contributed by atoms with Crippen LogP contribution in [0.5, 0.6) is 0 Å². The normalized spacial score (nSPS) is 24.4. The highest BCUT2D eigenvalue weighted by atomic mass is 16.5. The zero-order valence-electron chi connectivity index (χ0n) is 10.4. The van der Waals surface area contributed by atoms with Crippen molar-refractivity contribution in [3.8, 4) is 0 Å². The molecule has 1 heterocycles. The molecule has 0 bridgehead atoms. The minimum Gasteiger partial charge on any atom is -0.467 e. The molecular formula is C13H16N2O3. The first-order valence-electron chi connectivity index (χ1n) is 5.78. The maximum atomic E-state index is 11.8. The summed E-state index contributed by atoms with van der Waals surface area (Å²) in [7, 11) is 1.31. The average molecular weight is 248 g/mol. The molecule has 0 spiro atoms. The van der Waals surface area contributed by atoms with Gasteiger partial charge >= 0.3 is 5.97 Å². The molecule has 1 aliphatic rings. The van der Waals surface area contributed by atoms with Gasteiger partial charge in [-0.25, -0.2) is 4.79 Å². The van der Waals surface area contributed by atoms with Gasteiger partial charge in [0.25, 0.3) is 0 Å². The van der Waals surface area contributed by atoms with Gasteiger partial charge in [-0.2, -0.15) is 0 Å². The van der Waals surface area contributed by atoms with Crippen molar-refractivity contribution in [3.05, 3.63) is 35.9 Å². The summed E-state index contributed by atoms with van der Waals surface area (Å²) >= 11 is 0. The van der Waals surface area contributed by atoms with E-state index in [1.807, 2.05) is 30.3 Å². The summed E-state index contributed by atoms with van der Waals surface area (Å²) in [6.07, 6.45) is 0. The number of rotatable bonds is 3. The molecule has 1 aliphatic heterocycles. The lowest BCUT2D eigenvalue weighted by Crippen LogP contribution is -2.66. The summed E-state index contributed by atoms with van der Waals surface area (Å²) in [6, 6.07) is 7.99. The van der Waals surface area contributed by atoms with Gasteiger partial charge in [-0.1, -0.05) is 30.3 Å². The Bertz CT molecular complexity index is 461. The molecule has 1 saturated heterocycles. The minimum absolute atomic E-state index is 0.221. The van der Waals surface area contributed by atoms with Crippen molar-refractivity contribution in [3.63, 3.8) is 0 Å². The van der Waals surface area contributed by atoms with Crippen molar-refractivity contribution in [2.75, 3.05) is 7.11 Å². The summed E-state index contributed by atoms with van der Waals surface area (Å²) in [5.41, 5.74) is 6.76. The smallest absolute Gasteiger partial charge is 0.328 e. The fourth-order valence-corrected chi connectivity index (χ4v) is 2.27. The number of nitrogens with two attached hydrogens (primary N) is 1. The predicted octanol–water partition coefficient (Wildman–Crippen LogP) is 0.459.